The van der Waals surface area contributed by atoms with E-state index in [0.717, 1.165) is 75.0 Å². The van der Waals surface area contributed by atoms with Gasteiger partial charge in [-0.05, 0) is 145 Å². The minimum atomic E-state index is -4.66. The summed E-state index contributed by atoms with van der Waals surface area (Å²) in [5.41, 5.74) is 0.862. The van der Waals surface area contributed by atoms with Gasteiger partial charge in [0.1, 0.15) is 0 Å². The molecule has 24 heteroatoms. The fourth-order valence-corrected chi connectivity index (χ4v) is 8.74. The third-order valence-electron chi connectivity index (χ3n) is 12.4. The van der Waals surface area contributed by atoms with Crippen molar-refractivity contribution in [1.29, 1.82) is 0 Å². The van der Waals surface area contributed by atoms with E-state index in [4.69, 9.17) is 38.1 Å². The number of H-pyrrole nitrogens is 2. The fourth-order valence-electron chi connectivity index (χ4n) is 8.74. The molecule has 0 amide bonds. The van der Waals surface area contributed by atoms with E-state index in [9.17, 15) is 52.7 Å². The van der Waals surface area contributed by atoms with Gasteiger partial charge in [0.05, 0.1) is 45.0 Å². The zero-order valence-corrected chi connectivity index (χ0v) is 45.5. The predicted molar refractivity (Wildman–Crippen MR) is 282 cm³/mol. The predicted octanol–water partition coefficient (Wildman–Crippen LogP) is 16.5. The molecule has 0 spiro atoms. The SMILES string of the molecule is C1CCOC1.C1CCOC1.FC(F)(F)c1ccc(-c2c3nc(c(-c4ccc(C(F)(F)F)cc4)c4ccc([nH]4)c(-c4ccc(C(F)(F)F)cc4)c4nc(c(-c5ccc(C(F)(F)F)cc5)c5ccc2[nH]5)C=C4)C=C3)cc1.[Al+3].[C-]#[O+].[C-]#[O+].[C-]#[O+].[C-]#[O+].[Co+3]. The summed E-state index contributed by atoms with van der Waals surface area (Å²) in [7, 11) is 0. The third kappa shape index (κ3) is 17.8. The Morgan fingerprint density at radius 1 is 0.321 bits per heavy atom. The van der Waals surface area contributed by atoms with E-state index in [1.165, 1.54) is 74.2 Å². The molecule has 2 N–H and O–H groups in total. The van der Waals surface area contributed by atoms with E-state index in [1.807, 2.05) is 0 Å². The van der Waals surface area contributed by atoms with Crippen LogP contribution in [-0.4, -0.2) is 63.7 Å². The maximum absolute atomic E-state index is 13.7. The van der Waals surface area contributed by atoms with Gasteiger partial charge in [0.15, 0.2) is 0 Å². The number of ether oxygens (including phenoxy) is 2. The molecule has 2 saturated heterocycles. The number of hydrogen-bond acceptors (Lipinski definition) is 4. The molecule has 4 aliphatic heterocycles. The summed E-state index contributed by atoms with van der Waals surface area (Å²) in [5, 5.41) is 0. The fraction of sp³-hybridized carbons (Fsp3) is 0.200. The van der Waals surface area contributed by atoms with E-state index in [1.54, 1.807) is 48.6 Å². The van der Waals surface area contributed by atoms with Crippen LogP contribution in [0.4, 0.5) is 52.7 Å². The first-order valence-electron chi connectivity index (χ1n) is 24.1. The second-order valence-electron chi connectivity index (χ2n) is 17.4. The molecule has 0 saturated carbocycles. The number of aromatic amines is 2. The molecule has 0 atom stereocenters. The van der Waals surface area contributed by atoms with Crippen molar-refractivity contribution in [2.75, 3.05) is 26.4 Å². The van der Waals surface area contributed by atoms with Gasteiger partial charge in [-0.2, -0.15) is 52.7 Å². The number of nitrogens with one attached hydrogen (secondary N) is 2. The van der Waals surface area contributed by atoms with Crippen LogP contribution in [0.3, 0.4) is 0 Å². The van der Waals surface area contributed by atoms with Gasteiger partial charge in [-0.1, -0.05) is 48.5 Å². The molecule has 0 unspecified atom stereocenters. The van der Waals surface area contributed by atoms with Gasteiger partial charge in [-0.15, -0.1) is 0 Å². The molecule has 84 heavy (non-hydrogen) atoms. The largest absolute Gasteiger partial charge is 3.00 e. The van der Waals surface area contributed by atoms with Crippen molar-refractivity contribution in [2.45, 2.75) is 50.4 Å². The number of aromatic nitrogens is 4. The number of rotatable bonds is 4. The van der Waals surface area contributed by atoms with Crippen LogP contribution < -0.4 is 0 Å². The molecule has 10 nitrogen and oxygen atoms in total. The molecule has 4 aromatic carbocycles. The van der Waals surface area contributed by atoms with Gasteiger partial charge in [0.2, 0.25) is 0 Å². The quantitative estimate of drug-likeness (QED) is 0.0779. The molecule has 0 aliphatic carbocycles. The first kappa shape index (κ1) is 70.8. The van der Waals surface area contributed by atoms with Crippen molar-refractivity contribution < 1.29 is 97.5 Å². The molecule has 11 rings (SSSR count). The van der Waals surface area contributed by atoms with Crippen molar-refractivity contribution in [2.24, 2.45) is 0 Å². The van der Waals surface area contributed by atoms with Gasteiger partial charge in [-0.3, -0.25) is 0 Å². The third-order valence-corrected chi connectivity index (χ3v) is 12.4. The normalized spacial score (nSPS) is 13.0. The Kier molecular flexibility index (Phi) is 27.0. The Morgan fingerprint density at radius 2 is 0.500 bits per heavy atom. The number of nitrogens with zero attached hydrogens (tertiary/aromatic N) is 2. The Labute approximate surface area is 493 Å². The van der Waals surface area contributed by atoms with Gasteiger partial charge in [0.25, 0.3) is 0 Å². The second kappa shape index (κ2) is 32.0. The molecular formula is C60H42AlCoF12N4O6+6. The molecule has 7 heterocycles. The van der Waals surface area contributed by atoms with E-state index >= 15 is 0 Å². The summed E-state index contributed by atoms with van der Waals surface area (Å²) in [6.07, 6.45) is -7.18. The van der Waals surface area contributed by atoms with Crippen molar-refractivity contribution in [3.05, 3.63) is 193 Å². The minimum Gasteiger partial charge on any atom is 3.00 e. The van der Waals surface area contributed by atoms with Gasteiger partial charge in [-0.25, -0.2) is 9.97 Å². The van der Waals surface area contributed by atoms with Crippen molar-refractivity contribution in [3.8, 4) is 44.5 Å². The maximum atomic E-state index is 13.7. The number of alkyl halides is 12. The average Bonchev–Trinajstić information content (AvgIpc) is 2.02. The van der Waals surface area contributed by atoms with Gasteiger partial charge in [0, 0.05) is 70.7 Å². The molecule has 3 aromatic heterocycles. The van der Waals surface area contributed by atoms with Crippen LogP contribution >= 0.6 is 0 Å². The first-order chi connectivity index (χ1) is 39.2. The monoisotopic (exact) mass is 1230 g/mol. The number of halogens is 12. The van der Waals surface area contributed by atoms with Crippen LogP contribution in [0.2, 0.25) is 0 Å². The number of fused-ring (bicyclic) bond motifs is 8. The summed E-state index contributed by atoms with van der Waals surface area (Å²) < 4.78 is 205. The second-order valence-corrected chi connectivity index (χ2v) is 17.4. The van der Waals surface area contributed by atoms with Crippen LogP contribution in [0.15, 0.2) is 121 Å². The van der Waals surface area contributed by atoms with Crippen LogP contribution in [-0.2, 0) is 69.6 Å². The van der Waals surface area contributed by atoms with Crippen molar-refractivity contribution >= 4 is 63.7 Å². The zero-order chi connectivity index (χ0) is 60.4. The van der Waals surface area contributed by atoms with E-state index in [-0.39, 0.29) is 79.2 Å². The first-order valence-corrected chi connectivity index (χ1v) is 24.1. The van der Waals surface area contributed by atoms with Gasteiger partial charge < -0.3 is 19.4 Å². The average molecular weight is 1230 g/mol. The van der Waals surface area contributed by atoms with Crippen LogP contribution in [0, 0.1) is 26.6 Å². The summed E-state index contributed by atoms with van der Waals surface area (Å²) in [4.78, 5) is 16.3. The van der Waals surface area contributed by atoms with Crippen molar-refractivity contribution in [1.82, 2.24) is 19.9 Å². The Hall–Kier alpha value is -7.44. The Balaban J connectivity index is 0.000000812. The van der Waals surface area contributed by atoms with E-state index in [2.05, 4.69) is 36.6 Å². The number of hydrogen-bond donors (Lipinski definition) is 2. The molecule has 0 radical (unpaired) electrons. The van der Waals surface area contributed by atoms with E-state index < -0.39 is 47.0 Å². The van der Waals surface area contributed by atoms with Crippen LogP contribution in [0.1, 0.15) is 70.7 Å². The maximum Gasteiger partial charge on any atom is 3.00 e. The van der Waals surface area contributed by atoms with E-state index in [0.29, 0.717) is 44.3 Å². The summed E-state index contributed by atoms with van der Waals surface area (Å²) in [6, 6.07) is 23.7. The van der Waals surface area contributed by atoms with Crippen LogP contribution in [0.5, 0.6) is 0 Å². The number of benzene rings is 4. The standard InChI is InChI=1S/C48H26F12N4.2C4H8O.4CO.Al.Co/c49-45(50,51)29-9-1-25(2-10-29)41-33-17-19-35(61-33)42(26-3-11-30(12-4-26)46(52,53)54)37-21-23-39(63-37)44(28-7-15-32(16-8-28)48(58,59)60)40-24-22-38(64-40)43(36-20-18-34(41)62-36)27-5-13-31(14-6-27)47(55,56)57;2*1-2-4-5-3-1;4*1-2;;/h1-24,61,64H;2*1-4H2;;;;;;/q;;;;;;;2*+3. The smallest absolute Gasteiger partial charge is 3.00 e. The van der Waals surface area contributed by atoms with Crippen molar-refractivity contribution in [3.63, 3.8) is 0 Å². The molecule has 428 valence electrons. The van der Waals surface area contributed by atoms with Crippen LogP contribution in [0.25, 0.3) is 90.9 Å². The van der Waals surface area contributed by atoms with Gasteiger partial charge >= 0.3 is 104 Å². The topological polar surface area (TPSA) is 155 Å². The minimum absolute atomic E-state index is 0. The Bertz CT molecular complexity index is 3130. The summed E-state index contributed by atoms with van der Waals surface area (Å²) >= 11 is 0. The molecule has 8 bridgehead atoms. The molecular weight excluding hydrogens is 1190 g/mol. The zero-order valence-electron chi connectivity index (χ0n) is 43.3. The molecule has 2 fully saturated rings. The molecule has 7 aromatic rings. The summed E-state index contributed by atoms with van der Waals surface area (Å²) in [5.74, 6) is 0. The summed E-state index contributed by atoms with van der Waals surface area (Å²) in [6.45, 7) is 22.0. The molecule has 4 aliphatic rings. The Morgan fingerprint density at radius 3 is 0.643 bits per heavy atom.